The molecule has 1 aromatic heterocycles. The van der Waals surface area contributed by atoms with Gasteiger partial charge in [-0.25, -0.2) is 9.37 Å². The quantitative estimate of drug-likeness (QED) is 0.888. The van der Waals surface area contributed by atoms with Crippen molar-refractivity contribution in [3.05, 3.63) is 47.5 Å². The predicted octanol–water partition coefficient (Wildman–Crippen LogP) is 2.99. The minimum Gasteiger partial charge on any atom is -0.328 e. The van der Waals surface area contributed by atoms with Crippen LogP contribution in [0, 0.1) is 12.7 Å². The summed E-state index contributed by atoms with van der Waals surface area (Å²) in [5, 5.41) is 2.73. The summed E-state index contributed by atoms with van der Waals surface area (Å²) in [6.45, 7) is 3.78. The Morgan fingerprint density at radius 2 is 2.11 bits per heavy atom. The Kier molecular flexibility index (Phi) is 3.94. The molecule has 2 aromatic rings. The van der Waals surface area contributed by atoms with Crippen LogP contribution in [0.5, 0.6) is 0 Å². The highest BCUT2D eigenvalue weighted by Crippen LogP contribution is 2.21. The van der Waals surface area contributed by atoms with E-state index in [1.54, 1.807) is 18.3 Å². The fourth-order valence-electron chi connectivity index (χ4n) is 1.95. The number of aromatic amines is 1. The molecule has 1 heterocycles. The average Bonchev–Trinajstić information content (AvgIpc) is 2.78. The number of nitrogens with zero attached hydrogens (tertiary/aromatic N) is 1. The number of carbonyl (C=O) groups excluding carboxylic acids is 1. The molecule has 19 heavy (non-hydrogen) atoms. The van der Waals surface area contributed by atoms with Gasteiger partial charge in [0.1, 0.15) is 5.82 Å². The monoisotopic (exact) mass is 261 g/mol. The number of aryl methyl sites for hydroxylation is 1. The van der Waals surface area contributed by atoms with Crippen LogP contribution < -0.4 is 5.32 Å². The third kappa shape index (κ3) is 3.19. The van der Waals surface area contributed by atoms with Crippen LogP contribution in [0.2, 0.25) is 0 Å². The van der Waals surface area contributed by atoms with E-state index in [2.05, 4.69) is 15.3 Å². The second-order valence-electron chi connectivity index (χ2n) is 4.42. The Labute approximate surface area is 111 Å². The van der Waals surface area contributed by atoms with Gasteiger partial charge in [-0.1, -0.05) is 19.1 Å². The number of aromatic nitrogens is 2. The van der Waals surface area contributed by atoms with Gasteiger partial charge in [0.25, 0.3) is 0 Å². The minimum atomic E-state index is -0.314. The van der Waals surface area contributed by atoms with Gasteiger partial charge in [0, 0.05) is 11.9 Å². The molecule has 0 saturated heterocycles. The van der Waals surface area contributed by atoms with Crippen molar-refractivity contribution in [2.24, 2.45) is 0 Å². The van der Waals surface area contributed by atoms with E-state index >= 15 is 0 Å². The molecule has 5 heteroatoms. The molecule has 0 saturated carbocycles. The third-order valence-electron chi connectivity index (χ3n) is 2.94. The molecule has 0 aliphatic rings. The first-order valence-corrected chi connectivity index (χ1v) is 6.18. The zero-order valence-electron chi connectivity index (χ0n) is 10.9. The van der Waals surface area contributed by atoms with Crippen molar-refractivity contribution in [1.29, 1.82) is 0 Å². The number of imidazole rings is 1. The zero-order valence-corrected chi connectivity index (χ0v) is 10.9. The van der Waals surface area contributed by atoms with Crippen molar-refractivity contribution in [1.82, 2.24) is 9.97 Å². The smallest absolute Gasteiger partial charge is 0.234 e. The molecule has 0 spiro atoms. The summed E-state index contributed by atoms with van der Waals surface area (Å²) in [4.78, 5) is 19.1. The molecule has 2 rings (SSSR count). The molecule has 0 aliphatic carbocycles. The number of H-pyrrole nitrogens is 1. The third-order valence-corrected chi connectivity index (χ3v) is 2.94. The van der Waals surface area contributed by atoms with Crippen LogP contribution in [0.25, 0.3) is 0 Å². The Morgan fingerprint density at radius 1 is 1.42 bits per heavy atom. The van der Waals surface area contributed by atoms with Gasteiger partial charge >= 0.3 is 0 Å². The van der Waals surface area contributed by atoms with Gasteiger partial charge in [0.15, 0.2) is 0 Å². The molecule has 0 fully saturated rings. The number of rotatable bonds is 4. The lowest BCUT2D eigenvalue weighted by Crippen LogP contribution is -2.21. The summed E-state index contributed by atoms with van der Waals surface area (Å²) in [6.07, 6.45) is 2.28. The van der Waals surface area contributed by atoms with Crippen LogP contribution in [0.4, 0.5) is 10.3 Å². The van der Waals surface area contributed by atoms with Gasteiger partial charge in [0.05, 0.1) is 5.92 Å². The Morgan fingerprint density at radius 3 is 2.63 bits per heavy atom. The van der Waals surface area contributed by atoms with Crippen LogP contribution in [-0.4, -0.2) is 15.9 Å². The first-order valence-electron chi connectivity index (χ1n) is 6.18. The second-order valence-corrected chi connectivity index (χ2v) is 4.42. The van der Waals surface area contributed by atoms with E-state index in [4.69, 9.17) is 0 Å². The molecule has 0 aliphatic heterocycles. The maximum absolute atomic E-state index is 12.9. The van der Waals surface area contributed by atoms with Crippen molar-refractivity contribution in [2.75, 3.05) is 5.32 Å². The fraction of sp³-hybridized carbons (Fsp3) is 0.286. The van der Waals surface area contributed by atoms with E-state index in [1.807, 2.05) is 13.8 Å². The number of halogens is 1. The maximum atomic E-state index is 12.9. The van der Waals surface area contributed by atoms with Crippen LogP contribution >= 0.6 is 0 Å². The summed E-state index contributed by atoms with van der Waals surface area (Å²) >= 11 is 0. The first kappa shape index (κ1) is 13.3. The predicted molar refractivity (Wildman–Crippen MR) is 71.4 cm³/mol. The Hall–Kier alpha value is -2.17. The number of hydrogen-bond donors (Lipinski definition) is 2. The lowest BCUT2D eigenvalue weighted by Gasteiger charge is -2.14. The van der Waals surface area contributed by atoms with Crippen molar-refractivity contribution in [3.63, 3.8) is 0 Å². The summed E-state index contributed by atoms with van der Waals surface area (Å²) < 4.78 is 12.9. The molecule has 0 unspecified atom stereocenters. The van der Waals surface area contributed by atoms with Gasteiger partial charge in [-0.05, 0) is 31.0 Å². The number of carbonyl (C=O) groups is 1. The van der Waals surface area contributed by atoms with Gasteiger partial charge in [-0.3, -0.25) is 10.1 Å². The van der Waals surface area contributed by atoms with E-state index in [0.717, 1.165) is 11.3 Å². The normalized spacial score (nSPS) is 12.2. The molecule has 1 aromatic carbocycles. The van der Waals surface area contributed by atoms with Gasteiger partial charge in [-0.15, -0.1) is 0 Å². The van der Waals surface area contributed by atoms with Crippen molar-refractivity contribution in [3.8, 4) is 0 Å². The van der Waals surface area contributed by atoms with E-state index in [-0.39, 0.29) is 17.6 Å². The van der Waals surface area contributed by atoms with Crippen LogP contribution in [0.1, 0.15) is 30.5 Å². The van der Waals surface area contributed by atoms with Crippen LogP contribution in [0.3, 0.4) is 0 Å². The van der Waals surface area contributed by atoms with Crippen LogP contribution in [-0.2, 0) is 4.79 Å². The lowest BCUT2D eigenvalue weighted by molar-refractivity contribution is -0.117. The summed E-state index contributed by atoms with van der Waals surface area (Å²) in [6, 6.07) is 6.00. The standard InChI is InChI=1S/C14H16FN3O/c1-3-12(10-4-6-11(15)7-5-10)13(19)18-14-16-8-9(2)17-14/h4-8,12H,3H2,1-2H3,(H2,16,17,18,19)/t12-/m0/s1. The average molecular weight is 261 g/mol. The first-order chi connectivity index (χ1) is 9.10. The molecule has 1 atom stereocenters. The Bertz CT molecular complexity index is 562. The topological polar surface area (TPSA) is 57.8 Å². The molecule has 100 valence electrons. The molecule has 2 N–H and O–H groups in total. The molecule has 4 nitrogen and oxygen atoms in total. The van der Waals surface area contributed by atoms with E-state index in [0.29, 0.717) is 12.4 Å². The molecular formula is C14H16FN3O. The lowest BCUT2D eigenvalue weighted by atomic mass is 9.96. The highest BCUT2D eigenvalue weighted by Gasteiger charge is 2.19. The highest BCUT2D eigenvalue weighted by molar-refractivity contribution is 5.94. The molecular weight excluding hydrogens is 245 g/mol. The zero-order chi connectivity index (χ0) is 13.8. The number of amides is 1. The van der Waals surface area contributed by atoms with E-state index in [1.165, 1.54) is 12.1 Å². The van der Waals surface area contributed by atoms with Gasteiger partial charge in [-0.2, -0.15) is 0 Å². The number of nitrogens with one attached hydrogen (secondary N) is 2. The molecule has 0 bridgehead atoms. The number of benzene rings is 1. The summed E-state index contributed by atoms with van der Waals surface area (Å²) in [7, 11) is 0. The fourth-order valence-corrected chi connectivity index (χ4v) is 1.95. The van der Waals surface area contributed by atoms with Gasteiger partial charge < -0.3 is 4.98 Å². The maximum Gasteiger partial charge on any atom is 0.234 e. The largest absolute Gasteiger partial charge is 0.328 e. The van der Waals surface area contributed by atoms with Crippen molar-refractivity contribution < 1.29 is 9.18 Å². The van der Waals surface area contributed by atoms with Crippen LogP contribution in [0.15, 0.2) is 30.5 Å². The van der Waals surface area contributed by atoms with E-state index in [9.17, 15) is 9.18 Å². The summed E-state index contributed by atoms with van der Waals surface area (Å²) in [5.41, 5.74) is 1.68. The van der Waals surface area contributed by atoms with Gasteiger partial charge in [0.2, 0.25) is 11.9 Å². The number of anilines is 1. The number of hydrogen-bond acceptors (Lipinski definition) is 2. The summed E-state index contributed by atoms with van der Waals surface area (Å²) in [5.74, 6) is -0.335. The second kappa shape index (κ2) is 5.65. The van der Waals surface area contributed by atoms with E-state index < -0.39 is 0 Å². The molecule has 0 radical (unpaired) electrons. The SMILES string of the molecule is CC[C@H](C(=O)Nc1ncc(C)[nH]1)c1ccc(F)cc1. The van der Waals surface area contributed by atoms with Crippen molar-refractivity contribution in [2.45, 2.75) is 26.2 Å². The highest BCUT2D eigenvalue weighted by atomic mass is 19.1. The Balaban J connectivity index is 2.13. The molecule has 1 amide bonds. The minimum absolute atomic E-state index is 0.150. The van der Waals surface area contributed by atoms with Crippen molar-refractivity contribution >= 4 is 11.9 Å².